The molecule has 21 heavy (non-hydrogen) atoms. The van der Waals surface area contributed by atoms with Crippen LogP contribution in [0.1, 0.15) is 25.5 Å². The minimum atomic E-state index is -0.458. The molecule has 0 fully saturated rings. The van der Waals surface area contributed by atoms with Crippen molar-refractivity contribution in [1.82, 2.24) is 9.13 Å². The Labute approximate surface area is 136 Å². The molecule has 1 heterocycles. The van der Waals surface area contributed by atoms with Crippen molar-refractivity contribution in [2.45, 2.75) is 19.8 Å². The molecule has 0 radical (unpaired) electrons. The molecular formula is C14H13Cl3N2O2. The Morgan fingerprint density at radius 3 is 2.00 bits per heavy atom. The molecule has 0 aliphatic carbocycles. The van der Waals surface area contributed by atoms with E-state index in [1.807, 2.05) is 13.8 Å². The Bertz CT molecular complexity index is 799. The van der Waals surface area contributed by atoms with Crippen LogP contribution in [-0.2, 0) is 7.05 Å². The molecule has 0 amide bonds. The van der Waals surface area contributed by atoms with Crippen molar-refractivity contribution in [3.8, 4) is 5.69 Å². The largest absolute Gasteiger partial charge is 0.335 e. The van der Waals surface area contributed by atoms with E-state index in [9.17, 15) is 9.59 Å². The maximum atomic E-state index is 12.4. The average molecular weight is 348 g/mol. The highest BCUT2D eigenvalue weighted by molar-refractivity contribution is 6.48. The number of nitrogens with zero attached hydrogens (tertiary/aromatic N) is 2. The lowest BCUT2D eigenvalue weighted by atomic mass is 10.1. The fourth-order valence-corrected chi connectivity index (χ4v) is 2.69. The van der Waals surface area contributed by atoms with E-state index in [0.29, 0.717) is 5.69 Å². The summed E-state index contributed by atoms with van der Waals surface area (Å²) in [5.41, 5.74) is 0.0552. The summed E-state index contributed by atoms with van der Waals surface area (Å²) in [6.07, 6.45) is 0. The van der Waals surface area contributed by atoms with Crippen LogP contribution < -0.4 is 11.2 Å². The van der Waals surface area contributed by atoms with Crippen molar-refractivity contribution < 1.29 is 0 Å². The van der Waals surface area contributed by atoms with Gasteiger partial charge in [-0.3, -0.25) is 4.79 Å². The Morgan fingerprint density at radius 2 is 1.52 bits per heavy atom. The Hall–Kier alpha value is -1.23. The molecule has 0 unspecified atom stereocenters. The third-order valence-corrected chi connectivity index (χ3v) is 4.37. The molecule has 0 saturated carbocycles. The van der Waals surface area contributed by atoms with Crippen LogP contribution in [0, 0.1) is 0 Å². The maximum absolute atomic E-state index is 12.4. The minimum Gasteiger partial charge on any atom is -0.300 e. The van der Waals surface area contributed by atoms with Crippen LogP contribution in [0.15, 0.2) is 27.8 Å². The molecule has 0 N–H and O–H groups in total. The second-order valence-corrected chi connectivity index (χ2v) is 6.15. The summed E-state index contributed by atoms with van der Waals surface area (Å²) in [5, 5.41) is 0.549. The van der Waals surface area contributed by atoms with Gasteiger partial charge in [0.05, 0.1) is 20.8 Å². The van der Waals surface area contributed by atoms with Gasteiger partial charge >= 0.3 is 5.69 Å². The zero-order chi connectivity index (χ0) is 15.9. The fraction of sp³-hybridized carbons (Fsp3) is 0.286. The lowest BCUT2D eigenvalue weighted by molar-refractivity contribution is 0.651. The topological polar surface area (TPSA) is 44.0 Å². The fourth-order valence-electron chi connectivity index (χ4n) is 2.11. The van der Waals surface area contributed by atoms with Gasteiger partial charge in [0.15, 0.2) is 0 Å². The van der Waals surface area contributed by atoms with E-state index in [1.165, 1.54) is 22.8 Å². The van der Waals surface area contributed by atoms with Crippen molar-refractivity contribution in [1.29, 1.82) is 0 Å². The first kappa shape index (κ1) is 16.1. The van der Waals surface area contributed by atoms with Crippen LogP contribution in [-0.4, -0.2) is 9.13 Å². The van der Waals surface area contributed by atoms with E-state index in [-0.39, 0.29) is 26.7 Å². The summed E-state index contributed by atoms with van der Waals surface area (Å²) in [5.74, 6) is 0.0578. The highest BCUT2D eigenvalue weighted by Crippen LogP contribution is 2.31. The second kappa shape index (κ2) is 5.87. The summed E-state index contributed by atoms with van der Waals surface area (Å²) in [4.78, 5) is 24.7. The number of hydrogen-bond acceptors (Lipinski definition) is 2. The first-order valence-electron chi connectivity index (χ1n) is 6.22. The van der Waals surface area contributed by atoms with Crippen LogP contribution in [0.5, 0.6) is 0 Å². The molecule has 0 aliphatic rings. The van der Waals surface area contributed by atoms with E-state index in [4.69, 9.17) is 34.8 Å². The van der Waals surface area contributed by atoms with Crippen LogP contribution >= 0.6 is 34.8 Å². The summed E-state index contributed by atoms with van der Waals surface area (Å²) >= 11 is 17.8. The van der Waals surface area contributed by atoms with Gasteiger partial charge in [-0.1, -0.05) is 48.7 Å². The first-order valence-corrected chi connectivity index (χ1v) is 7.35. The van der Waals surface area contributed by atoms with E-state index < -0.39 is 11.2 Å². The molecule has 0 spiro atoms. The molecular weight excluding hydrogens is 335 g/mol. The molecule has 0 atom stereocenters. The zero-order valence-corrected chi connectivity index (χ0v) is 13.9. The van der Waals surface area contributed by atoms with E-state index in [2.05, 4.69) is 0 Å². The van der Waals surface area contributed by atoms with E-state index in [0.717, 1.165) is 4.57 Å². The van der Waals surface area contributed by atoms with E-state index >= 15 is 0 Å². The maximum Gasteiger partial charge on any atom is 0.335 e. The first-order chi connectivity index (χ1) is 9.73. The molecule has 0 aliphatic heterocycles. The van der Waals surface area contributed by atoms with Gasteiger partial charge in [-0.15, -0.1) is 0 Å². The highest BCUT2D eigenvalue weighted by Gasteiger charge is 2.15. The number of hydrogen-bond donors (Lipinski definition) is 0. The van der Waals surface area contributed by atoms with Crippen LogP contribution in [0.25, 0.3) is 5.69 Å². The summed E-state index contributed by atoms with van der Waals surface area (Å²) in [7, 11) is 1.62. The Balaban J connectivity index is 2.80. The van der Waals surface area contributed by atoms with Crippen molar-refractivity contribution >= 4 is 34.8 Å². The van der Waals surface area contributed by atoms with Gasteiger partial charge in [0.25, 0.3) is 5.56 Å². The third kappa shape index (κ3) is 2.89. The quantitative estimate of drug-likeness (QED) is 0.779. The predicted molar refractivity (Wildman–Crippen MR) is 86.4 cm³/mol. The molecule has 4 nitrogen and oxygen atoms in total. The minimum absolute atomic E-state index is 0.0578. The molecule has 7 heteroatoms. The standard InChI is InChI=1S/C14H13Cl3N2O2/c1-7(2)11-6-12(20)19(14(21)18(11)3)8-4-9(15)13(17)10(16)5-8/h4-7H,1-3H3. The molecule has 2 aromatic rings. The van der Waals surface area contributed by atoms with Crippen LogP contribution in [0.3, 0.4) is 0 Å². The second-order valence-electron chi connectivity index (χ2n) is 4.96. The monoisotopic (exact) mass is 346 g/mol. The average Bonchev–Trinajstić information content (AvgIpc) is 2.39. The van der Waals surface area contributed by atoms with Crippen molar-refractivity contribution in [3.05, 3.63) is 59.8 Å². The van der Waals surface area contributed by atoms with Crippen molar-refractivity contribution in [2.24, 2.45) is 7.05 Å². The van der Waals surface area contributed by atoms with Gasteiger partial charge in [-0.05, 0) is 18.1 Å². The third-order valence-electron chi connectivity index (χ3n) is 3.18. The number of halogens is 3. The van der Waals surface area contributed by atoms with Crippen LogP contribution in [0.2, 0.25) is 15.1 Å². The van der Waals surface area contributed by atoms with E-state index in [1.54, 1.807) is 7.05 Å². The summed E-state index contributed by atoms with van der Waals surface area (Å²) in [6, 6.07) is 4.31. The van der Waals surface area contributed by atoms with Crippen LogP contribution in [0.4, 0.5) is 0 Å². The zero-order valence-electron chi connectivity index (χ0n) is 11.7. The Morgan fingerprint density at radius 1 is 1.00 bits per heavy atom. The van der Waals surface area contributed by atoms with Gasteiger partial charge in [-0.2, -0.15) is 0 Å². The number of benzene rings is 1. The van der Waals surface area contributed by atoms with Gasteiger partial charge in [0.2, 0.25) is 0 Å². The van der Waals surface area contributed by atoms with Gasteiger partial charge < -0.3 is 4.57 Å². The molecule has 0 saturated heterocycles. The lowest BCUT2D eigenvalue weighted by Gasteiger charge is -2.14. The Kier molecular flexibility index (Phi) is 4.51. The SMILES string of the molecule is CC(C)c1cc(=O)n(-c2cc(Cl)c(Cl)c(Cl)c2)c(=O)n1C. The molecule has 1 aromatic carbocycles. The molecule has 2 rings (SSSR count). The normalized spacial score (nSPS) is 11.2. The van der Waals surface area contributed by atoms with Gasteiger partial charge in [0, 0.05) is 18.8 Å². The number of rotatable bonds is 2. The summed E-state index contributed by atoms with van der Waals surface area (Å²) in [6.45, 7) is 3.82. The lowest BCUT2D eigenvalue weighted by Crippen LogP contribution is -2.39. The molecule has 0 bridgehead atoms. The molecule has 112 valence electrons. The predicted octanol–water partition coefficient (Wildman–Crippen LogP) is 3.62. The summed E-state index contributed by atoms with van der Waals surface area (Å²) < 4.78 is 2.45. The smallest absolute Gasteiger partial charge is 0.300 e. The van der Waals surface area contributed by atoms with Crippen molar-refractivity contribution in [3.63, 3.8) is 0 Å². The number of aromatic nitrogens is 2. The molecule has 1 aromatic heterocycles. The highest BCUT2D eigenvalue weighted by atomic mass is 35.5. The van der Waals surface area contributed by atoms with Gasteiger partial charge in [0.1, 0.15) is 0 Å². The van der Waals surface area contributed by atoms with Crippen molar-refractivity contribution in [2.75, 3.05) is 0 Å². The van der Waals surface area contributed by atoms with Gasteiger partial charge in [-0.25, -0.2) is 9.36 Å².